The second-order valence-electron chi connectivity index (χ2n) is 5.69. The Labute approximate surface area is 159 Å². The van der Waals surface area contributed by atoms with E-state index in [1.165, 1.54) is 21.3 Å². The Morgan fingerprint density at radius 3 is 2.33 bits per heavy atom. The zero-order valence-corrected chi connectivity index (χ0v) is 16.6. The van der Waals surface area contributed by atoms with Crippen LogP contribution in [0, 0.1) is 0 Å². The normalized spacial score (nSPS) is 12.3. The van der Waals surface area contributed by atoms with E-state index in [1.54, 1.807) is 19.1 Å². The summed E-state index contributed by atoms with van der Waals surface area (Å²) in [4.78, 5) is 27.2. The third-order valence-corrected chi connectivity index (χ3v) is 3.30. The molecule has 1 amide bonds. The largest absolute Gasteiger partial charge is 0.399 e. The van der Waals surface area contributed by atoms with Crippen LogP contribution in [0.3, 0.4) is 0 Å². The van der Waals surface area contributed by atoms with Crippen LogP contribution in [0.2, 0.25) is 0 Å². The average molecular weight is 374 g/mol. The second kappa shape index (κ2) is 11.5. The molecule has 8 nitrogen and oxygen atoms in total. The van der Waals surface area contributed by atoms with Gasteiger partial charge in [0.05, 0.1) is 0 Å². The van der Waals surface area contributed by atoms with Gasteiger partial charge in [-0.15, -0.1) is 0 Å². The van der Waals surface area contributed by atoms with Crippen molar-refractivity contribution in [2.24, 2.45) is 15.5 Å². The molecule has 0 radical (unpaired) electrons. The Morgan fingerprint density at radius 1 is 1.07 bits per heavy atom. The molecule has 1 aromatic carbocycles. The van der Waals surface area contributed by atoms with E-state index in [0.717, 1.165) is 11.1 Å². The van der Waals surface area contributed by atoms with Crippen LogP contribution in [-0.2, 0) is 25.9 Å². The molecule has 0 spiro atoms. The molecule has 27 heavy (non-hydrogen) atoms. The summed E-state index contributed by atoms with van der Waals surface area (Å²) < 4.78 is 0. The molecule has 0 aliphatic heterocycles. The molecule has 1 N–H and O–H groups in total. The Hall–Kier alpha value is -3.16. The molecule has 0 unspecified atom stereocenters. The fraction of sp³-hybridized carbons (Fsp3) is 0.368. The van der Waals surface area contributed by atoms with Crippen LogP contribution in [-0.4, -0.2) is 44.3 Å². The van der Waals surface area contributed by atoms with Gasteiger partial charge in [0.25, 0.3) is 5.91 Å². The van der Waals surface area contributed by atoms with Gasteiger partial charge in [0.15, 0.2) is 5.71 Å². The Morgan fingerprint density at radius 2 is 1.74 bits per heavy atom. The van der Waals surface area contributed by atoms with Crippen LogP contribution in [0.5, 0.6) is 0 Å². The van der Waals surface area contributed by atoms with Crippen LogP contribution < -0.4 is 5.32 Å². The highest BCUT2D eigenvalue weighted by atomic mass is 16.6. The zero-order valence-electron chi connectivity index (χ0n) is 16.6. The molecule has 0 saturated heterocycles. The quantitative estimate of drug-likeness (QED) is 0.531. The van der Waals surface area contributed by atoms with Gasteiger partial charge in [0.1, 0.15) is 32.2 Å². The van der Waals surface area contributed by atoms with E-state index in [9.17, 15) is 4.79 Å². The van der Waals surface area contributed by atoms with Crippen LogP contribution in [0.4, 0.5) is 0 Å². The minimum absolute atomic E-state index is 0.141. The third-order valence-electron chi connectivity index (χ3n) is 3.30. The number of nitrogens with one attached hydrogen (secondary N) is 1. The number of benzene rings is 1. The fourth-order valence-corrected chi connectivity index (χ4v) is 2.11. The van der Waals surface area contributed by atoms with Gasteiger partial charge >= 0.3 is 0 Å². The minimum Gasteiger partial charge on any atom is -0.399 e. The highest BCUT2D eigenvalue weighted by Crippen LogP contribution is 2.13. The molecule has 0 fully saturated rings. The predicted octanol–water partition coefficient (Wildman–Crippen LogP) is 2.64. The number of nitrogens with zero attached hydrogens (tertiary/aromatic N) is 3. The maximum absolute atomic E-state index is 12.1. The maximum atomic E-state index is 12.1. The lowest BCUT2D eigenvalue weighted by Crippen LogP contribution is -2.29. The highest BCUT2D eigenvalue weighted by molar-refractivity contribution is 6.46. The van der Waals surface area contributed by atoms with Crippen molar-refractivity contribution < 1.29 is 19.3 Å². The van der Waals surface area contributed by atoms with E-state index in [2.05, 4.69) is 20.8 Å². The molecular weight excluding hydrogens is 348 g/mol. The zero-order chi connectivity index (χ0) is 20.2. The van der Waals surface area contributed by atoms with Crippen molar-refractivity contribution >= 4 is 23.0 Å². The van der Waals surface area contributed by atoms with Crippen molar-refractivity contribution in [3.05, 3.63) is 47.0 Å². The monoisotopic (exact) mass is 374 g/mol. The molecular formula is C19H26N4O4. The summed E-state index contributed by atoms with van der Waals surface area (Å²) >= 11 is 0. The SMILES string of the molecule is CNC(=O)/C(=N\OC)c1ccccc1CO/N=C(C)/C(C=C(C)C)=N/OC. The van der Waals surface area contributed by atoms with Crippen LogP contribution in [0.15, 0.2) is 51.4 Å². The van der Waals surface area contributed by atoms with Gasteiger partial charge in [-0.05, 0) is 26.8 Å². The van der Waals surface area contributed by atoms with Crippen molar-refractivity contribution in [1.29, 1.82) is 0 Å². The lowest BCUT2D eigenvalue weighted by atomic mass is 10.0. The molecule has 0 saturated carbocycles. The minimum atomic E-state index is -0.359. The molecule has 0 atom stereocenters. The van der Waals surface area contributed by atoms with Gasteiger partial charge in [0, 0.05) is 18.2 Å². The third kappa shape index (κ3) is 6.93. The molecule has 1 rings (SSSR count). The molecule has 0 aliphatic rings. The van der Waals surface area contributed by atoms with Gasteiger partial charge in [-0.2, -0.15) is 0 Å². The molecule has 0 aliphatic carbocycles. The first-order chi connectivity index (χ1) is 12.9. The number of rotatable bonds is 9. The van der Waals surface area contributed by atoms with Gasteiger partial charge in [-0.25, -0.2) is 0 Å². The first kappa shape index (κ1) is 21.9. The van der Waals surface area contributed by atoms with Crippen molar-refractivity contribution in [1.82, 2.24) is 5.32 Å². The van der Waals surface area contributed by atoms with E-state index in [1.807, 2.05) is 32.1 Å². The lowest BCUT2D eigenvalue weighted by Gasteiger charge is -2.10. The number of allylic oxidation sites excluding steroid dienone is 2. The molecule has 8 heteroatoms. The van der Waals surface area contributed by atoms with E-state index in [4.69, 9.17) is 14.5 Å². The topological polar surface area (TPSA) is 93.9 Å². The van der Waals surface area contributed by atoms with Crippen LogP contribution >= 0.6 is 0 Å². The van der Waals surface area contributed by atoms with E-state index in [-0.39, 0.29) is 18.2 Å². The number of likely N-dealkylation sites (N-methyl/N-ethyl adjacent to an activating group) is 1. The van der Waals surface area contributed by atoms with Gasteiger partial charge in [-0.1, -0.05) is 45.3 Å². The average Bonchev–Trinajstić information content (AvgIpc) is 2.65. The van der Waals surface area contributed by atoms with E-state index < -0.39 is 0 Å². The summed E-state index contributed by atoms with van der Waals surface area (Å²) in [6.07, 6.45) is 1.84. The number of amides is 1. The molecule has 0 aromatic heterocycles. The summed E-state index contributed by atoms with van der Waals surface area (Å²) in [7, 11) is 4.38. The summed E-state index contributed by atoms with van der Waals surface area (Å²) in [5, 5.41) is 14.4. The van der Waals surface area contributed by atoms with Gasteiger partial charge in [-0.3, -0.25) is 4.79 Å². The number of hydrogen-bond acceptors (Lipinski definition) is 7. The predicted molar refractivity (Wildman–Crippen MR) is 106 cm³/mol. The molecule has 1 aromatic rings. The number of hydrogen-bond donors (Lipinski definition) is 1. The Bertz CT molecular complexity index is 763. The maximum Gasteiger partial charge on any atom is 0.273 e. The standard InChI is InChI=1S/C19H26N4O4/c1-13(2)11-17(22-25-5)14(3)21-27-12-15-9-7-8-10-16(15)18(23-26-6)19(24)20-4/h7-11H,12H2,1-6H3,(H,20,24)/b21-14+,22-17+,23-18-. The molecule has 0 bridgehead atoms. The Balaban J connectivity index is 3.04. The van der Waals surface area contributed by atoms with Crippen molar-refractivity contribution in [2.45, 2.75) is 27.4 Å². The number of oxime groups is 3. The van der Waals surface area contributed by atoms with Crippen molar-refractivity contribution in [3.63, 3.8) is 0 Å². The summed E-state index contributed by atoms with van der Waals surface area (Å²) in [5.74, 6) is -0.359. The number of carbonyl (C=O) groups excluding carboxylic acids is 1. The molecule has 0 heterocycles. The first-order valence-corrected chi connectivity index (χ1v) is 8.29. The first-order valence-electron chi connectivity index (χ1n) is 8.29. The summed E-state index contributed by atoms with van der Waals surface area (Å²) in [6.45, 7) is 5.81. The van der Waals surface area contributed by atoms with Gasteiger partial charge in [0.2, 0.25) is 0 Å². The molecule has 146 valence electrons. The van der Waals surface area contributed by atoms with Gasteiger partial charge < -0.3 is 19.8 Å². The smallest absolute Gasteiger partial charge is 0.273 e. The Kier molecular flexibility index (Phi) is 9.28. The second-order valence-corrected chi connectivity index (χ2v) is 5.69. The fourth-order valence-electron chi connectivity index (χ4n) is 2.11. The highest BCUT2D eigenvalue weighted by Gasteiger charge is 2.17. The summed E-state index contributed by atoms with van der Waals surface area (Å²) in [6, 6.07) is 7.24. The number of carbonyl (C=O) groups is 1. The van der Waals surface area contributed by atoms with E-state index >= 15 is 0 Å². The van der Waals surface area contributed by atoms with Crippen LogP contribution in [0.25, 0.3) is 0 Å². The van der Waals surface area contributed by atoms with Crippen molar-refractivity contribution in [3.8, 4) is 0 Å². The van der Waals surface area contributed by atoms with Crippen LogP contribution in [0.1, 0.15) is 31.9 Å². The lowest BCUT2D eigenvalue weighted by molar-refractivity contribution is -0.114. The summed E-state index contributed by atoms with van der Waals surface area (Å²) in [5.41, 5.74) is 3.68. The van der Waals surface area contributed by atoms with E-state index in [0.29, 0.717) is 17.0 Å². The van der Waals surface area contributed by atoms with Crippen molar-refractivity contribution in [2.75, 3.05) is 21.3 Å².